The molecule has 0 spiro atoms. The van der Waals surface area contributed by atoms with E-state index in [1.165, 1.54) is 29.8 Å². The van der Waals surface area contributed by atoms with E-state index in [-0.39, 0.29) is 0 Å². The molecule has 1 saturated heterocycles. The van der Waals surface area contributed by atoms with Crippen LogP contribution in [-0.4, -0.2) is 56.6 Å². The van der Waals surface area contributed by atoms with Crippen LogP contribution in [0, 0.1) is 19.8 Å². The summed E-state index contributed by atoms with van der Waals surface area (Å²) in [5, 5.41) is 3.50. The van der Waals surface area contributed by atoms with E-state index in [1.807, 2.05) is 0 Å². The maximum atomic E-state index is 3.50. The van der Waals surface area contributed by atoms with Crippen LogP contribution in [0.3, 0.4) is 0 Å². The number of hydrogen-bond acceptors (Lipinski definition) is 3. The van der Waals surface area contributed by atoms with Gasteiger partial charge in [0.1, 0.15) is 0 Å². The van der Waals surface area contributed by atoms with E-state index in [4.69, 9.17) is 0 Å². The van der Waals surface area contributed by atoms with E-state index >= 15 is 0 Å². The zero-order valence-electron chi connectivity index (χ0n) is 14.5. The van der Waals surface area contributed by atoms with Crippen molar-refractivity contribution in [3.05, 3.63) is 34.9 Å². The summed E-state index contributed by atoms with van der Waals surface area (Å²) in [6.07, 6.45) is 0. The van der Waals surface area contributed by atoms with Crippen molar-refractivity contribution in [2.45, 2.75) is 32.9 Å². The summed E-state index contributed by atoms with van der Waals surface area (Å²) in [5.74, 6) is 0.747. The van der Waals surface area contributed by atoms with Crippen molar-refractivity contribution in [2.24, 2.45) is 5.92 Å². The lowest BCUT2D eigenvalue weighted by atomic mass is 10.0. The van der Waals surface area contributed by atoms with Gasteiger partial charge in [0.05, 0.1) is 0 Å². The lowest BCUT2D eigenvalue weighted by Crippen LogP contribution is -2.36. The molecule has 3 heteroatoms. The molecule has 0 aliphatic carbocycles. The second-order valence-electron chi connectivity index (χ2n) is 6.91. The van der Waals surface area contributed by atoms with Crippen molar-refractivity contribution in [1.82, 2.24) is 15.1 Å². The third-order valence-corrected chi connectivity index (χ3v) is 5.03. The monoisotopic (exact) mass is 289 g/mol. The standard InChI is InChI=1S/C18H31N3/c1-13-7-8-16(9-14(13)2)17(19-4)11-21-10-15(3)18(12-21)20(5)6/h7-9,15,17-19H,10-12H2,1-6H3. The number of nitrogens with one attached hydrogen (secondary N) is 1. The fourth-order valence-electron chi connectivity index (χ4n) is 3.47. The zero-order chi connectivity index (χ0) is 15.6. The van der Waals surface area contributed by atoms with E-state index in [1.54, 1.807) is 0 Å². The van der Waals surface area contributed by atoms with E-state index in [2.05, 4.69) is 75.2 Å². The molecule has 1 aromatic rings. The second-order valence-corrected chi connectivity index (χ2v) is 6.91. The predicted molar refractivity (Wildman–Crippen MR) is 90.8 cm³/mol. The Morgan fingerprint density at radius 2 is 1.95 bits per heavy atom. The van der Waals surface area contributed by atoms with Gasteiger partial charge in [0, 0.05) is 31.7 Å². The highest BCUT2D eigenvalue weighted by Crippen LogP contribution is 2.24. The first-order chi connectivity index (χ1) is 9.92. The molecule has 0 bridgehead atoms. The summed E-state index contributed by atoms with van der Waals surface area (Å²) in [5.41, 5.74) is 4.16. The summed E-state index contributed by atoms with van der Waals surface area (Å²) < 4.78 is 0. The number of benzene rings is 1. The summed E-state index contributed by atoms with van der Waals surface area (Å²) in [6.45, 7) is 10.2. The van der Waals surface area contributed by atoms with Crippen LogP contribution in [0.25, 0.3) is 0 Å². The quantitative estimate of drug-likeness (QED) is 0.898. The van der Waals surface area contributed by atoms with Crippen molar-refractivity contribution in [2.75, 3.05) is 40.8 Å². The van der Waals surface area contributed by atoms with E-state index in [0.717, 1.165) is 12.5 Å². The molecule has 0 saturated carbocycles. The second kappa shape index (κ2) is 6.91. The molecule has 2 rings (SSSR count). The highest BCUT2D eigenvalue weighted by molar-refractivity contribution is 5.31. The van der Waals surface area contributed by atoms with Crippen molar-refractivity contribution in [3.8, 4) is 0 Å². The number of hydrogen-bond donors (Lipinski definition) is 1. The van der Waals surface area contributed by atoms with Crippen LogP contribution < -0.4 is 5.32 Å². The average Bonchev–Trinajstić information content (AvgIpc) is 2.80. The molecule has 1 aliphatic heterocycles. The van der Waals surface area contributed by atoms with E-state index in [0.29, 0.717) is 12.1 Å². The number of likely N-dealkylation sites (tertiary alicyclic amines) is 1. The Bertz CT molecular complexity index is 470. The highest BCUT2D eigenvalue weighted by atomic mass is 15.2. The maximum Gasteiger partial charge on any atom is 0.0446 e. The van der Waals surface area contributed by atoms with Crippen molar-refractivity contribution in [3.63, 3.8) is 0 Å². The molecule has 1 N–H and O–H groups in total. The lowest BCUT2D eigenvalue weighted by Gasteiger charge is -2.25. The Morgan fingerprint density at radius 1 is 1.24 bits per heavy atom. The first-order valence-electron chi connectivity index (χ1n) is 8.05. The largest absolute Gasteiger partial charge is 0.312 e. The Morgan fingerprint density at radius 3 is 2.48 bits per heavy atom. The first kappa shape index (κ1) is 16.5. The van der Waals surface area contributed by atoms with Crippen molar-refractivity contribution >= 4 is 0 Å². The van der Waals surface area contributed by atoms with Crippen LogP contribution in [0.5, 0.6) is 0 Å². The summed E-state index contributed by atoms with van der Waals surface area (Å²) >= 11 is 0. The third-order valence-electron chi connectivity index (χ3n) is 5.03. The molecule has 3 atom stereocenters. The summed E-state index contributed by atoms with van der Waals surface area (Å²) in [4.78, 5) is 4.97. The molecule has 21 heavy (non-hydrogen) atoms. The molecule has 3 unspecified atom stereocenters. The van der Waals surface area contributed by atoms with Gasteiger partial charge in [0.15, 0.2) is 0 Å². The van der Waals surface area contributed by atoms with Crippen LogP contribution in [0.4, 0.5) is 0 Å². The van der Waals surface area contributed by atoms with Gasteiger partial charge in [-0.25, -0.2) is 0 Å². The maximum absolute atomic E-state index is 3.50. The molecule has 1 fully saturated rings. The van der Waals surface area contributed by atoms with Crippen LogP contribution in [0.2, 0.25) is 0 Å². The van der Waals surface area contributed by atoms with Crippen LogP contribution in [0.1, 0.15) is 29.7 Å². The van der Waals surface area contributed by atoms with Crippen molar-refractivity contribution < 1.29 is 0 Å². The highest BCUT2D eigenvalue weighted by Gasteiger charge is 2.31. The molecule has 0 radical (unpaired) electrons. The van der Waals surface area contributed by atoms with Gasteiger partial charge >= 0.3 is 0 Å². The Hall–Kier alpha value is -0.900. The zero-order valence-corrected chi connectivity index (χ0v) is 14.5. The van der Waals surface area contributed by atoms with Gasteiger partial charge < -0.3 is 10.2 Å². The molecule has 118 valence electrons. The van der Waals surface area contributed by atoms with Gasteiger partial charge in [-0.15, -0.1) is 0 Å². The van der Waals surface area contributed by atoms with Gasteiger partial charge in [-0.2, -0.15) is 0 Å². The normalized spacial score (nSPS) is 24.7. The molecule has 0 aromatic heterocycles. The molecule has 1 aliphatic rings. The van der Waals surface area contributed by atoms with Gasteiger partial charge in [0.2, 0.25) is 0 Å². The fourth-order valence-corrected chi connectivity index (χ4v) is 3.47. The van der Waals surface area contributed by atoms with Crippen molar-refractivity contribution in [1.29, 1.82) is 0 Å². The minimum Gasteiger partial charge on any atom is -0.312 e. The number of rotatable bonds is 5. The lowest BCUT2D eigenvalue weighted by molar-refractivity contribution is 0.245. The Kier molecular flexibility index (Phi) is 5.42. The smallest absolute Gasteiger partial charge is 0.0446 e. The third kappa shape index (κ3) is 3.85. The number of likely N-dealkylation sites (N-methyl/N-ethyl adjacent to an activating group) is 2. The molecule has 1 heterocycles. The molecular formula is C18H31N3. The molecule has 1 aromatic carbocycles. The van der Waals surface area contributed by atoms with Gasteiger partial charge in [-0.05, 0) is 57.6 Å². The van der Waals surface area contributed by atoms with Crippen LogP contribution in [0.15, 0.2) is 18.2 Å². The SMILES string of the molecule is CNC(CN1CC(C)C(N(C)C)C1)c1ccc(C)c(C)c1. The topological polar surface area (TPSA) is 18.5 Å². The summed E-state index contributed by atoms with van der Waals surface area (Å²) in [6, 6.07) is 7.94. The van der Waals surface area contributed by atoms with Crippen LogP contribution in [-0.2, 0) is 0 Å². The molecule has 0 amide bonds. The summed E-state index contributed by atoms with van der Waals surface area (Å²) in [7, 11) is 6.47. The average molecular weight is 289 g/mol. The Labute approximate surface area is 130 Å². The van der Waals surface area contributed by atoms with E-state index in [9.17, 15) is 0 Å². The minimum atomic E-state index is 0.414. The molecule has 3 nitrogen and oxygen atoms in total. The first-order valence-corrected chi connectivity index (χ1v) is 8.05. The Balaban J connectivity index is 2.04. The van der Waals surface area contributed by atoms with Gasteiger partial charge in [-0.3, -0.25) is 4.90 Å². The minimum absolute atomic E-state index is 0.414. The number of aryl methyl sites for hydroxylation is 2. The number of nitrogens with zero attached hydrogens (tertiary/aromatic N) is 2. The van der Waals surface area contributed by atoms with Gasteiger partial charge in [-0.1, -0.05) is 25.1 Å². The predicted octanol–water partition coefficient (Wildman–Crippen LogP) is 2.45. The van der Waals surface area contributed by atoms with Crippen LogP contribution >= 0.6 is 0 Å². The fraction of sp³-hybridized carbons (Fsp3) is 0.667. The molecular weight excluding hydrogens is 258 g/mol. The van der Waals surface area contributed by atoms with E-state index < -0.39 is 0 Å². The van der Waals surface area contributed by atoms with Gasteiger partial charge in [0.25, 0.3) is 0 Å².